The molecule has 192 valence electrons. The Hall–Kier alpha value is -2.63. The fourth-order valence-electron chi connectivity index (χ4n) is 5.58. The van der Waals surface area contributed by atoms with Crippen molar-refractivity contribution in [3.63, 3.8) is 0 Å². The first-order valence-electron chi connectivity index (χ1n) is 13.0. The van der Waals surface area contributed by atoms with Crippen LogP contribution in [-0.4, -0.2) is 45.9 Å². The highest BCUT2D eigenvalue weighted by molar-refractivity contribution is 6.30. The summed E-state index contributed by atoms with van der Waals surface area (Å²) in [6, 6.07) is 27.3. The number of nitrogens with zero attached hydrogens (tertiary/aromatic N) is 3. The lowest BCUT2D eigenvalue weighted by molar-refractivity contribution is 0.0599. The lowest BCUT2D eigenvalue weighted by Crippen LogP contribution is -2.50. The van der Waals surface area contributed by atoms with E-state index < -0.39 is 0 Å². The van der Waals surface area contributed by atoms with Crippen molar-refractivity contribution >= 4 is 23.2 Å². The Bertz CT molecular complexity index is 1250. The molecule has 1 N–H and O–H groups in total. The number of halogens is 2. The summed E-state index contributed by atoms with van der Waals surface area (Å²) in [6.45, 7) is 10.6. The number of benzene rings is 3. The number of hydrogen-bond acceptors (Lipinski definition) is 3. The third-order valence-corrected chi connectivity index (χ3v) is 7.86. The van der Waals surface area contributed by atoms with Gasteiger partial charge in [-0.05, 0) is 48.2 Å². The van der Waals surface area contributed by atoms with Crippen LogP contribution >= 0.6 is 23.2 Å². The quantitative estimate of drug-likeness (QED) is 0.263. The molecule has 1 fully saturated rings. The van der Waals surface area contributed by atoms with Crippen molar-refractivity contribution in [2.75, 3.05) is 26.2 Å². The van der Waals surface area contributed by atoms with Crippen molar-refractivity contribution in [3.05, 3.63) is 111 Å². The third kappa shape index (κ3) is 5.78. The minimum absolute atomic E-state index is 0.158. The van der Waals surface area contributed by atoms with Crippen molar-refractivity contribution in [2.45, 2.75) is 32.9 Å². The van der Waals surface area contributed by atoms with E-state index in [9.17, 15) is 0 Å². The molecule has 0 aliphatic carbocycles. The summed E-state index contributed by atoms with van der Waals surface area (Å²) in [5.74, 6) is 1.39. The first-order valence-corrected chi connectivity index (χ1v) is 13.8. The minimum atomic E-state index is 0.158. The van der Waals surface area contributed by atoms with Crippen LogP contribution in [0.15, 0.2) is 78.9 Å². The molecule has 1 unspecified atom stereocenters. The van der Waals surface area contributed by atoms with Crippen molar-refractivity contribution in [1.82, 2.24) is 19.8 Å². The SMILES string of the molecule is Cc1[nH]c(-c2ccccc2)nc1C(C(C)C)N1CCN(C(c2ccc(Cl)cc2)c2ccc(Cl)cc2)CC1. The van der Waals surface area contributed by atoms with Crippen LogP contribution in [-0.2, 0) is 0 Å². The maximum Gasteiger partial charge on any atom is 0.137 e. The molecule has 0 bridgehead atoms. The van der Waals surface area contributed by atoms with Gasteiger partial charge in [0.2, 0.25) is 0 Å². The number of piperazine rings is 1. The molecule has 2 heterocycles. The molecule has 0 amide bonds. The van der Waals surface area contributed by atoms with E-state index in [1.54, 1.807) is 0 Å². The Morgan fingerprint density at radius 1 is 0.730 bits per heavy atom. The van der Waals surface area contributed by atoms with Gasteiger partial charge in [0.1, 0.15) is 5.82 Å². The molecule has 1 aliphatic heterocycles. The fraction of sp³-hybridized carbons (Fsp3) is 0.323. The van der Waals surface area contributed by atoms with Crippen LogP contribution in [0.4, 0.5) is 0 Å². The van der Waals surface area contributed by atoms with Crippen LogP contribution in [0.3, 0.4) is 0 Å². The molecule has 37 heavy (non-hydrogen) atoms. The number of aromatic amines is 1. The largest absolute Gasteiger partial charge is 0.342 e. The highest BCUT2D eigenvalue weighted by Crippen LogP contribution is 2.35. The average Bonchev–Trinajstić information content (AvgIpc) is 3.29. The number of aryl methyl sites for hydroxylation is 1. The zero-order chi connectivity index (χ0) is 25.9. The first kappa shape index (κ1) is 26.0. The maximum absolute atomic E-state index is 6.22. The highest BCUT2D eigenvalue weighted by atomic mass is 35.5. The molecular formula is C31H34Cl2N4. The van der Waals surface area contributed by atoms with E-state index in [1.807, 2.05) is 30.3 Å². The predicted molar refractivity (Wildman–Crippen MR) is 154 cm³/mol. The summed E-state index contributed by atoms with van der Waals surface area (Å²) in [5, 5.41) is 1.51. The minimum Gasteiger partial charge on any atom is -0.342 e. The molecule has 1 aromatic heterocycles. The lowest BCUT2D eigenvalue weighted by Gasteiger charge is -2.43. The van der Waals surface area contributed by atoms with Gasteiger partial charge in [-0.3, -0.25) is 9.80 Å². The lowest BCUT2D eigenvalue weighted by atomic mass is 9.94. The van der Waals surface area contributed by atoms with Gasteiger partial charge in [0.25, 0.3) is 0 Å². The zero-order valence-electron chi connectivity index (χ0n) is 21.7. The van der Waals surface area contributed by atoms with E-state index in [2.05, 4.69) is 84.1 Å². The van der Waals surface area contributed by atoms with E-state index in [4.69, 9.17) is 28.2 Å². The van der Waals surface area contributed by atoms with Gasteiger partial charge in [0.05, 0.1) is 17.8 Å². The summed E-state index contributed by atoms with van der Waals surface area (Å²) in [6.07, 6.45) is 0. The second kappa shape index (κ2) is 11.4. The topological polar surface area (TPSA) is 35.2 Å². The molecule has 1 aliphatic rings. The Labute approximate surface area is 230 Å². The molecule has 5 rings (SSSR count). The number of imidazole rings is 1. The van der Waals surface area contributed by atoms with Crippen LogP contribution in [0, 0.1) is 12.8 Å². The number of hydrogen-bond donors (Lipinski definition) is 1. The molecule has 0 radical (unpaired) electrons. The van der Waals surface area contributed by atoms with Gasteiger partial charge in [-0.25, -0.2) is 4.98 Å². The number of rotatable bonds is 7. The maximum atomic E-state index is 6.22. The van der Waals surface area contributed by atoms with Gasteiger partial charge in [0, 0.05) is 47.5 Å². The highest BCUT2D eigenvalue weighted by Gasteiger charge is 2.33. The van der Waals surface area contributed by atoms with E-state index in [1.165, 1.54) is 11.1 Å². The van der Waals surface area contributed by atoms with Gasteiger partial charge in [0.15, 0.2) is 0 Å². The molecule has 1 saturated heterocycles. The molecule has 4 aromatic rings. The summed E-state index contributed by atoms with van der Waals surface area (Å²) in [5.41, 5.74) is 5.93. The molecule has 6 heteroatoms. The monoisotopic (exact) mass is 532 g/mol. The molecule has 0 saturated carbocycles. The van der Waals surface area contributed by atoms with E-state index in [-0.39, 0.29) is 12.1 Å². The van der Waals surface area contributed by atoms with Crippen molar-refractivity contribution < 1.29 is 0 Å². The first-order chi connectivity index (χ1) is 17.9. The standard InChI is InChI=1S/C31H34Cl2N4/c1-21(2)29(28-22(3)34-31(35-28)25-7-5-4-6-8-25)36-17-19-37(20-18-36)30(23-9-13-26(32)14-10-23)24-11-15-27(33)16-12-24/h4-16,21,29-30H,17-20H2,1-3H3,(H,34,35). The fourth-order valence-corrected chi connectivity index (χ4v) is 5.83. The van der Waals surface area contributed by atoms with Crippen molar-refractivity contribution in [1.29, 1.82) is 0 Å². The van der Waals surface area contributed by atoms with Crippen LogP contribution < -0.4 is 0 Å². The van der Waals surface area contributed by atoms with Gasteiger partial charge >= 0.3 is 0 Å². The van der Waals surface area contributed by atoms with E-state index in [0.29, 0.717) is 5.92 Å². The van der Waals surface area contributed by atoms with Gasteiger partial charge < -0.3 is 4.98 Å². The second-order valence-corrected chi connectivity index (χ2v) is 11.1. The summed E-state index contributed by atoms with van der Waals surface area (Å²) in [4.78, 5) is 13.8. The summed E-state index contributed by atoms with van der Waals surface area (Å²) < 4.78 is 0. The Balaban J connectivity index is 1.38. The number of nitrogens with one attached hydrogen (secondary N) is 1. The number of H-pyrrole nitrogens is 1. The van der Waals surface area contributed by atoms with Crippen molar-refractivity contribution in [3.8, 4) is 11.4 Å². The van der Waals surface area contributed by atoms with Crippen LogP contribution in [0.5, 0.6) is 0 Å². The number of aromatic nitrogens is 2. The summed E-state index contributed by atoms with van der Waals surface area (Å²) in [7, 11) is 0. The second-order valence-electron chi connectivity index (χ2n) is 10.2. The average molecular weight is 534 g/mol. The Morgan fingerprint density at radius 2 is 1.24 bits per heavy atom. The zero-order valence-corrected chi connectivity index (χ0v) is 23.2. The third-order valence-electron chi connectivity index (χ3n) is 7.36. The Morgan fingerprint density at radius 3 is 1.76 bits per heavy atom. The van der Waals surface area contributed by atoms with Gasteiger partial charge in [-0.1, -0.05) is 91.6 Å². The van der Waals surface area contributed by atoms with Crippen LogP contribution in [0.1, 0.15) is 48.4 Å². The van der Waals surface area contributed by atoms with Crippen LogP contribution in [0.2, 0.25) is 10.0 Å². The molecule has 0 spiro atoms. The smallest absolute Gasteiger partial charge is 0.137 e. The molecule has 1 atom stereocenters. The molecule has 3 aromatic carbocycles. The van der Waals surface area contributed by atoms with E-state index >= 15 is 0 Å². The van der Waals surface area contributed by atoms with Gasteiger partial charge in [-0.15, -0.1) is 0 Å². The van der Waals surface area contributed by atoms with Crippen LogP contribution in [0.25, 0.3) is 11.4 Å². The van der Waals surface area contributed by atoms with E-state index in [0.717, 1.165) is 59.0 Å². The Kier molecular flexibility index (Phi) is 8.01. The predicted octanol–water partition coefficient (Wildman–Crippen LogP) is 7.80. The molecule has 4 nitrogen and oxygen atoms in total. The van der Waals surface area contributed by atoms with Gasteiger partial charge in [-0.2, -0.15) is 0 Å². The molecular weight excluding hydrogens is 499 g/mol. The van der Waals surface area contributed by atoms with Crippen molar-refractivity contribution in [2.24, 2.45) is 5.92 Å². The summed E-state index contributed by atoms with van der Waals surface area (Å²) >= 11 is 12.4. The normalized spacial score (nSPS) is 16.0.